The van der Waals surface area contributed by atoms with E-state index in [0.717, 1.165) is 31.4 Å². The SMILES string of the molecule is CC(C)c1cc(=O)[nH]c(C2(N)CCCCC2)n1.Cl. The van der Waals surface area contributed by atoms with E-state index in [2.05, 4.69) is 9.97 Å². The Morgan fingerprint density at radius 2 is 1.94 bits per heavy atom. The molecule has 1 saturated carbocycles. The summed E-state index contributed by atoms with van der Waals surface area (Å²) >= 11 is 0. The van der Waals surface area contributed by atoms with Crippen LogP contribution in [0, 0.1) is 0 Å². The van der Waals surface area contributed by atoms with Crippen molar-refractivity contribution in [3.63, 3.8) is 0 Å². The van der Waals surface area contributed by atoms with Crippen LogP contribution < -0.4 is 11.3 Å². The van der Waals surface area contributed by atoms with Crippen LogP contribution in [0.15, 0.2) is 10.9 Å². The molecule has 5 heteroatoms. The van der Waals surface area contributed by atoms with Gasteiger partial charge in [-0.1, -0.05) is 33.1 Å². The Bertz CT molecular complexity index is 450. The largest absolute Gasteiger partial charge is 0.319 e. The van der Waals surface area contributed by atoms with E-state index in [1.54, 1.807) is 6.07 Å². The smallest absolute Gasteiger partial charge is 0.251 e. The fourth-order valence-corrected chi connectivity index (χ4v) is 2.43. The van der Waals surface area contributed by atoms with Crippen molar-refractivity contribution < 1.29 is 0 Å². The van der Waals surface area contributed by atoms with Gasteiger partial charge in [0.25, 0.3) is 5.56 Å². The van der Waals surface area contributed by atoms with Crippen LogP contribution in [-0.2, 0) is 5.54 Å². The minimum Gasteiger partial charge on any atom is -0.319 e. The normalized spacial score (nSPS) is 18.4. The van der Waals surface area contributed by atoms with Crippen molar-refractivity contribution in [1.82, 2.24) is 9.97 Å². The van der Waals surface area contributed by atoms with Crippen LogP contribution in [0.1, 0.15) is 63.4 Å². The highest BCUT2D eigenvalue weighted by molar-refractivity contribution is 5.85. The van der Waals surface area contributed by atoms with E-state index in [0.29, 0.717) is 5.82 Å². The van der Waals surface area contributed by atoms with Crippen molar-refractivity contribution in [2.45, 2.75) is 57.4 Å². The summed E-state index contributed by atoms with van der Waals surface area (Å²) in [6.07, 6.45) is 5.29. The van der Waals surface area contributed by atoms with Crippen molar-refractivity contribution in [3.8, 4) is 0 Å². The Kier molecular flexibility index (Phi) is 4.93. The quantitative estimate of drug-likeness (QED) is 0.868. The molecule has 102 valence electrons. The number of halogens is 1. The molecule has 4 nitrogen and oxygen atoms in total. The summed E-state index contributed by atoms with van der Waals surface area (Å²) in [5.74, 6) is 0.927. The number of nitrogens with zero attached hydrogens (tertiary/aromatic N) is 1. The average molecular weight is 272 g/mol. The molecule has 18 heavy (non-hydrogen) atoms. The lowest BCUT2D eigenvalue weighted by Crippen LogP contribution is -2.41. The molecule has 0 amide bonds. The van der Waals surface area contributed by atoms with E-state index in [-0.39, 0.29) is 23.9 Å². The third-order valence-corrected chi connectivity index (χ3v) is 3.57. The predicted molar refractivity (Wildman–Crippen MR) is 75.1 cm³/mol. The first-order chi connectivity index (χ1) is 8.01. The van der Waals surface area contributed by atoms with Crippen LogP contribution in [-0.4, -0.2) is 9.97 Å². The Morgan fingerprint density at radius 1 is 1.33 bits per heavy atom. The fraction of sp³-hybridized carbons (Fsp3) is 0.692. The summed E-state index contributed by atoms with van der Waals surface area (Å²) in [5, 5.41) is 0. The van der Waals surface area contributed by atoms with Gasteiger partial charge in [-0.05, 0) is 18.8 Å². The Morgan fingerprint density at radius 3 is 2.50 bits per heavy atom. The third-order valence-electron chi connectivity index (χ3n) is 3.57. The Labute approximate surface area is 114 Å². The molecule has 1 aliphatic rings. The maximum Gasteiger partial charge on any atom is 0.251 e. The second-order valence-electron chi connectivity index (χ2n) is 5.39. The molecular weight excluding hydrogens is 250 g/mol. The number of nitrogens with two attached hydrogens (primary N) is 1. The minimum atomic E-state index is -0.428. The predicted octanol–water partition coefficient (Wildman–Crippen LogP) is 2.43. The number of aromatic amines is 1. The third kappa shape index (κ3) is 3.12. The van der Waals surface area contributed by atoms with E-state index in [1.165, 1.54) is 6.42 Å². The number of hydrogen-bond donors (Lipinski definition) is 2. The molecular formula is C13H22ClN3O. The minimum absolute atomic E-state index is 0. The molecule has 0 unspecified atom stereocenters. The molecule has 3 N–H and O–H groups in total. The summed E-state index contributed by atoms with van der Waals surface area (Å²) in [6.45, 7) is 4.07. The molecule has 1 aromatic heterocycles. The van der Waals surface area contributed by atoms with Crippen molar-refractivity contribution in [1.29, 1.82) is 0 Å². The maximum atomic E-state index is 11.6. The summed E-state index contributed by atoms with van der Waals surface area (Å²) < 4.78 is 0. The zero-order valence-corrected chi connectivity index (χ0v) is 11.8. The highest BCUT2D eigenvalue weighted by atomic mass is 35.5. The van der Waals surface area contributed by atoms with Crippen LogP contribution in [0.3, 0.4) is 0 Å². The Balaban J connectivity index is 0.00000162. The summed E-state index contributed by atoms with van der Waals surface area (Å²) in [6, 6.07) is 1.57. The number of aromatic nitrogens is 2. The zero-order chi connectivity index (χ0) is 12.5. The molecule has 1 aromatic rings. The number of rotatable bonds is 2. The van der Waals surface area contributed by atoms with E-state index >= 15 is 0 Å². The topological polar surface area (TPSA) is 71.8 Å². The van der Waals surface area contributed by atoms with Crippen molar-refractivity contribution in [3.05, 3.63) is 27.9 Å². The van der Waals surface area contributed by atoms with Gasteiger partial charge in [-0.25, -0.2) is 4.98 Å². The van der Waals surface area contributed by atoms with Gasteiger partial charge in [0, 0.05) is 6.07 Å². The van der Waals surface area contributed by atoms with Crippen molar-refractivity contribution >= 4 is 12.4 Å². The monoisotopic (exact) mass is 271 g/mol. The highest BCUT2D eigenvalue weighted by Gasteiger charge is 2.32. The number of hydrogen-bond acceptors (Lipinski definition) is 3. The van der Waals surface area contributed by atoms with Crippen molar-refractivity contribution in [2.24, 2.45) is 5.73 Å². The van der Waals surface area contributed by atoms with Gasteiger partial charge < -0.3 is 10.7 Å². The van der Waals surface area contributed by atoms with E-state index < -0.39 is 5.54 Å². The van der Waals surface area contributed by atoms with Gasteiger partial charge in [-0.3, -0.25) is 4.79 Å². The van der Waals surface area contributed by atoms with Crippen molar-refractivity contribution in [2.75, 3.05) is 0 Å². The lowest BCUT2D eigenvalue weighted by molar-refractivity contribution is 0.285. The lowest BCUT2D eigenvalue weighted by atomic mass is 9.82. The first-order valence-electron chi connectivity index (χ1n) is 6.42. The molecule has 1 aliphatic carbocycles. The summed E-state index contributed by atoms with van der Waals surface area (Å²) in [4.78, 5) is 19.0. The number of nitrogens with one attached hydrogen (secondary N) is 1. The van der Waals surface area contributed by atoms with Gasteiger partial charge in [0.15, 0.2) is 0 Å². The average Bonchev–Trinajstić information content (AvgIpc) is 2.29. The second-order valence-corrected chi connectivity index (χ2v) is 5.39. The first-order valence-corrected chi connectivity index (χ1v) is 6.42. The fourth-order valence-electron chi connectivity index (χ4n) is 2.43. The maximum absolute atomic E-state index is 11.6. The number of H-pyrrole nitrogens is 1. The van der Waals surface area contributed by atoms with Gasteiger partial charge in [0.1, 0.15) is 5.82 Å². The molecule has 0 atom stereocenters. The molecule has 1 heterocycles. The van der Waals surface area contributed by atoms with E-state index in [1.807, 2.05) is 13.8 Å². The molecule has 0 saturated heterocycles. The van der Waals surface area contributed by atoms with Gasteiger partial charge in [0.2, 0.25) is 0 Å². The molecule has 0 radical (unpaired) electrons. The standard InChI is InChI=1S/C13H21N3O.ClH/c1-9(2)10-8-11(17)16-12(15-10)13(14)6-4-3-5-7-13;/h8-9H,3-7,14H2,1-2H3,(H,15,16,17);1H. The molecule has 0 bridgehead atoms. The van der Waals surface area contributed by atoms with Gasteiger partial charge >= 0.3 is 0 Å². The highest BCUT2D eigenvalue weighted by Crippen LogP contribution is 2.32. The van der Waals surface area contributed by atoms with E-state index in [4.69, 9.17) is 5.73 Å². The molecule has 0 aliphatic heterocycles. The molecule has 2 rings (SSSR count). The van der Waals surface area contributed by atoms with Crippen LogP contribution in [0.5, 0.6) is 0 Å². The first kappa shape index (κ1) is 15.2. The summed E-state index contributed by atoms with van der Waals surface area (Å²) in [7, 11) is 0. The molecule has 0 spiro atoms. The zero-order valence-electron chi connectivity index (χ0n) is 11.0. The lowest BCUT2D eigenvalue weighted by Gasteiger charge is -2.32. The van der Waals surface area contributed by atoms with Gasteiger partial charge in [0.05, 0.1) is 11.2 Å². The van der Waals surface area contributed by atoms with E-state index in [9.17, 15) is 4.79 Å². The van der Waals surface area contributed by atoms with Gasteiger partial charge in [-0.15, -0.1) is 12.4 Å². The Hall–Kier alpha value is -0.870. The van der Waals surface area contributed by atoms with Crippen LogP contribution in [0.4, 0.5) is 0 Å². The molecule has 0 aromatic carbocycles. The molecule has 1 fully saturated rings. The van der Waals surface area contributed by atoms with Crippen LogP contribution in [0.2, 0.25) is 0 Å². The van der Waals surface area contributed by atoms with Gasteiger partial charge in [-0.2, -0.15) is 0 Å². The van der Waals surface area contributed by atoms with Crippen LogP contribution >= 0.6 is 12.4 Å². The summed E-state index contributed by atoms with van der Waals surface area (Å²) in [5.41, 5.74) is 6.70. The second kappa shape index (κ2) is 5.85. The van der Waals surface area contributed by atoms with Crippen LogP contribution in [0.25, 0.3) is 0 Å².